The number of benzene rings is 2. The minimum atomic E-state index is -4.71. The third-order valence-corrected chi connectivity index (χ3v) is 4.35. The van der Waals surface area contributed by atoms with Gasteiger partial charge in [0.05, 0.1) is 26.8 Å². The van der Waals surface area contributed by atoms with Gasteiger partial charge in [0.25, 0.3) is 11.6 Å². The summed E-state index contributed by atoms with van der Waals surface area (Å²) in [6, 6.07) is 3.82. The van der Waals surface area contributed by atoms with Gasteiger partial charge in [-0.3, -0.25) is 14.9 Å². The second-order valence-corrected chi connectivity index (χ2v) is 8.07. The van der Waals surface area contributed by atoms with Crippen molar-refractivity contribution in [3.8, 4) is 11.5 Å². The summed E-state index contributed by atoms with van der Waals surface area (Å²) in [4.78, 5) is 22.2. The first-order valence-corrected chi connectivity index (χ1v) is 9.88. The van der Waals surface area contributed by atoms with Crippen LogP contribution in [0.15, 0.2) is 30.3 Å². The molecule has 0 bridgehead atoms. The molecule has 1 amide bonds. The molecule has 14 heteroatoms. The molecule has 0 aromatic heterocycles. The Balaban J connectivity index is 2.48. The Kier molecular flexibility index (Phi) is 6.30. The van der Waals surface area contributed by atoms with Crippen molar-refractivity contribution in [1.29, 1.82) is 0 Å². The Morgan fingerprint density at radius 2 is 1.72 bits per heavy atom. The molecule has 1 N–H and O–H groups in total. The second-order valence-electron chi connectivity index (χ2n) is 5.51. The van der Waals surface area contributed by atoms with Crippen molar-refractivity contribution in [2.75, 3.05) is 6.26 Å². The summed E-state index contributed by atoms with van der Waals surface area (Å²) < 4.78 is 67.6. The van der Waals surface area contributed by atoms with Gasteiger partial charge in [-0.25, -0.2) is 13.1 Å². The van der Waals surface area contributed by atoms with Gasteiger partial charge in [-0.1, -0.05) is 23.2 Å². The number of alkyl halides is 3. The molecule has 0 heterocycles. The van der Waals surface area contributed by atoms with E-state index < -0.39 is 59.6 Å². The zero-order valence-electron chi connectivity index (χ0n) is 14.1. The number of nitro benzene ring substituents is 1. The second kappa shape index (κ2) is 8.05. The number of hydrogen-bond acceptors (Lipinski definition) is 6. The lowest BCUT2D eigenvalue weighted by molar-refractivity contribution is -0.385. The van der Waals surface area contributed by atoms with Crippen LogP contribution in [0, 0.1) is 10.1 Å². The van der Waals surface area contributed by atoms with Gasteiger partial charge in [-0.05, 0) is 18.2 Å². The maximum Gasteiger partial charge on any atom is 0.416 e. The Labute approximate surface area is 171 Å². The van der Waals surface area contributed by atoms with E-state index in [1.807, 2.05) is 0 Å². The van der Waals surface area contributed by atoms with E-state index in [0.29, 0.717) is 18.4 Å². The first-order chi connectivity index (χ1) is 13.2. The van der Waals surface area contributed by atoms with Crippen LogP contribution in [-0.4, -0.2) is 25.5 Å². The van der Waals surface area contributed by atoms with Crippen molar-refractivity contribution in [3.63, 3.8) is 0 Å². The fourth-order valence-corrected chi connectivity index (χ4v) is 3.09. The minimum absolute atomic E-state index is 0.266. The van der Waals surface area contributed by atoms with E-state index >= 15 is 0 Å². The van der Waals surface area contributed by atoms with Crippen LogP contribution in [0.1, 0.15) is 15.9 Å². The van der Waals surface area contributed by atoms with Crippen LogP contribution in [-0.2, 0) is 16.2 Å². The van der Waals surface area contributed by atoms with Crippen molar-refractivity contribution in [3.05, 3.63) is 61.6 Å². The average molecular weight is 473 g/mol. The van der Waals surface area contributed by atoms with Crippen LogP contribution in [0.4, 0.5) is 18.9 Å². The quantitative estimate of drug-likeness (QED) is 0.509. The van der Waals surface area contributed by atoms with Gasteiger partial charge in [-0.15, -0.1) is 0 Å². The standard InChI is InChI=1S/C15H9Cl2F3N2O6S/c1-29(26,27)21-14(23)9-6-8(2-3-12(9)22(24)25)28-13-10(16)4-7(5-11(13)17)15(18,19)20/h2-6H,1H3,(H,21,23). The first-order valence-electron chi connectivity index (χ1n) is 7.23. The molecule has 29 heavy (non-hydrogen) atoms. The summed E-state index contributed by atoms with van der Waals surface area (Å²) in [6.45, 7) is 0. The van der Waals surface area contributed by atoms with Crippen LogP contribution in [0.2, 0.25) is 10.0 Å². The smallest absolute Gasteiger partial charge is 0.416 e. The topological polar surface area (TPSA) is 116 Å². The van der Waals surface area contributed by atoms with Gasteiger partial charge in [0.1, 0.15) is 11.3 Å². The summed E-state index contributed by atoms with van der Waals surface area (Å²) in [5, 5.41) is 10.1. The zero-order valence-corrected chi connectivity index (χ0v) is 16.4. The lowest BCUT2D eigenvalue weighted by atomic mass is 10.1. The molecule has 2 aromatic carbocycles. The average Bonchev–Trinajstić information content (AvgIpc) is 2.55. The Morgan fingerprint density at radius 1 is 1.17 bits per heavy atom. The van der Waals surface area contributed by atoms with Gasteiger partial charge in [0.2, 0.25) is 10.0 Å². The Bertz CT molecular complexity index is 1080. The number of nitrogens with zero attached hydrogens (tertiary/aromatic N) is 1. The molecule has 0 aliphatic carbocycles. The van der Waals surface area contributed by atoms with Crippen molar-refractivity contribution in [1.82, 2.24) is 4.72 Å². The van der Waals surface area contributed by atoms with Crippen LogP contribution >= 0.6 is 23.2 Å². The monoisotopic (exact) mass is 472 g/mol. The molecule has 0 atom stereocenters. The number of nitrogens with one attached hydrogen (secondary N) is 1. The fraction of sp³-hybridized carbons (Fsp3) is 0.133. The number of carbonyl (C=O) groups excluding carboxylic acids is 1. The molecule has 0 spiro atoms. The molecule has 0 aliphatic heterocycles. The third-order valence-electron chi connectivity index (χ3n) is 3.23. The molecule has 156 valence electrons. The molecular weight excluding hydrogens is 464 g/mol. The van der Waals surface area contributed by atoms with Crippen molar-refractivity contribution in [2.45, 2.75) is 6.18 Å². The number of amides is 1. The van der Waals surface area contributed by atoms with Crippen molar-refractivity contribution >= 4 is 44.8 Å². The van der Waals surface area contributed by atoms with Gasteiger partial charge >= 0.3 is 6.18 Å². The third kappa shape index (κ3) is 5.71. The number of rotatable bonds is 5. The summed E-state index contributed by atoms with van der Waals surface area (Å²) in [7, 11) is -4.03. The van der Waals surface area contributed by atoms with E-state index in [0.717, 1.165) is 18.2 Å². The SMILES string of the molecule is CS(=O)(=O)NC(=O)c1cc(Oc2c(Cl)cc(C(F)(F)F)cc2Cl)ccc1[N+](=O)[O-]. The molecule has 2 rings (SSSR count). The van der Waals surface area contributed by atoms with Gasteiger partial charge < -0.3 is 4.74 Å². The minimum Gasteiger partial charge on any atom is -0.454 e. The van der Waals surface area contributed by atoms with Crippen LogP contribution in [0.5, 0.6) is 11.5 Å². The molecular formula is C15H9Cl2F3N2O6S. The fourth-order valence-electron chi connectivity index (χ4n) is 2.08. The van der Waals surface area contributed by atoms with E-state index in [1.165, 1.54) is 0 Å². The van der Waals surface area contributed by atoms with E-state index in [2.05, 4.69) is 0 Å². The van der Waals surface area contributed by atoms with Crippen molar-refractivity contribution in [2.24, 2.45) is 0 Å². The molecule has 2 aromatic rings. The van der Waals surface area contributed by atoms with Crippen LogP contribution in [0.25, 0.3) is 0 Å². The summed E-state index contributed by atoms with van der Waals surface area (Å²) in [6.07, 6.45) is -4.05. The Morgan fingerprint density at radius 3 is 2.17 bits per heavy atom. The Hall–Kier alpha value is -2.57. The number of ether oxygens (including phenoxy) is 1. The largest absolute Gasteiger partial charge is 0.454 e. The molecule has 0 unspecified atom stereocenters. The highest BCUT2D eigenvalue weighted by Gasteiger charge is 2.32. The maximum absolute atomic E-state index is 12.8. The number of carbonyl (C=O) groups is 1. The number of hydrogen-bond donors (Lipinski definition) is 1. The molecule has 0 saturated carbocycles. The highest BCUT2D eigenvalue weighted by atomic mass is 35.5. The lowest BCUT2D eigenvalue weighted by Gasteiger charge is -2.14. The molecule has 0 saturated heterocycles. The van der Waals surface area contributed by atoms with Gasteiger partial charge in [0.15, 0.2) is 5.75 Å². The molecule has 0 aliphatic rings. The summed E-state index contributed by atoms with van der Waals surface area (Å²) >= 11 is 11.6. The number of nitro groups is 1. The number of halogens is 5. The van der Waals surface area contributed by atoms with Gasteiger partial charge in [0, 0.05) is 12.1 Å². The van der Waals surface area contributed by atoms with Gasteiger partial charge in [-0.2, -0.15) is 13.2 Å². The van der Waals surface area contributed by atoms with E-state index in [-0.39, 0.29) is 5.75 Å². The summed E-state index contributed by atoms with van der Waals surface area (Å²) in [5.74, 6) is -1.98. The van der Waals surface area contributed by atoms with Crippen LogP contribution in [0.3, 0.4) is 0 Å². The maximum atomic E-state index is 12.8. The van der Waals surface area contributed by atoms with Crippen LogP contribution < -0.4 is 9.46 Å². The van der Waals surface area contributed by atoms with Crippen molar-refractivity contribution < 1.29 is 36.0 Å². The number of sulfonamides is 1. The van der Waals surface area contributed by atoms with E-state index in [1.54, 1.807) is 4.72 Å². The highest BCUT2D eigenvalue weighted by molar-refractivity contribution is 7.89. The predicted molar refractivity (Wildman–Crippen MR) is 96.9 cm³/mol. The zero-order chi connectivity index (χ0) is 22.1. The summed E-state index contributed by atoms with van der Waals surface area (Å²) in [5.41, 5.74) is -2.53. The van der Waals surface area contributed by atoms with E-state index in [9.17, 15) is 36.5 Å². The first kappa shape index (κ1) is 22.7. The molecule has 0 radical (unpaired) electrons. The van der Waals surface area contributed by atoms with E-state index in [4.69, 9.17) is 27.9 Å². The highest BCUT2D eigenvalue weighted by Crippen LogP contribution is 2.42. The predicted octanol–water partition coefficient (Wildman–Crippen LogP) is 4.40. The normalized spacial score (nSPS) is 11.8. The lowest BCUT2D eigenvalue weighted by Crippen LogP contribution is -2.29. The molecule has 8 nitrogen and oxygen atoms in total. The molecule has 0 fully saturated rings.